The number of ether oxygens (including phenoxy) is 1. The molecule has 0 unspecified atom stereocenters. The van der Waals surface area contributed by atoms with Crippen LogP contribution in [0.15, 0.2) is 12.4 Å². The fraction of sp³-hybridized carbons (Fsp3) is 0.167. The largest absolute Gasteiger partial charge is 0.480 e. The van der Waals surface area contributed by atoms with E-state index in [1.807, 2.05) is 5.32 Å². The average Bonchev–Trinajstić information content (AvgIpc) is 2.51. The second kappa shape index (κ2) is 4.10. The molecule has 1 aromatic rings. The van der Waals surface area contributed by atoms with Crippen molar-refractivity contribution >= 4 is 11.9 Å². The van der Waals surface area contributed by atoms with Crippen LogP contribution in [0.4, 0.5) is 4.79 Å². The molecule has 1 heterocycles. The Morgan fingerprint density at radius 3 is 3.00 bits per heavy atom. The lowest BCUT2D eigenvalue weighted by atomic mass is 10.6. The molecular formula is C6H8N4O3. The van der Waals surface area contributed by atoms with Gasteiger partial charge in [0.1, 0.15) is 0 Å². The first-order chi connectivity index (χ1) is 6.18. The monoisotopic (exact) mass is 184 g/mol. The Hall–Kier alpha value is -2.05. The first-order valence-electron chi connectivity index (χ1n) is 3.39. The molecular weight excluding hydrogens is 176 g/mol. The molecule has 13 heavy (non-hydrogen) atoms. The lowest BCUT2D eigenvalue weighted by molar-refractivity contribution is -0.121. The molecule has 0 bridgehead atoms. The van der Waals surface area contributed by atoms with Crippen molar-refractivity contribution in [3.8, 4) is 5.75 Å². The van der Waals surface area contributed by atoms with Gasteiger partial charge in [0.2, 0.25) is 0 Å². The van der Waals surface area contributed by atoms with Crippen molar-refractivity contribution < 1.29 is 14.3 Å². The number of aromatic nitrogens is 2. The molecule has 0 aliphatic rings. The highest BCUT2D eigenvalue weighted by atomic mass is 16.5. The third-order valence-corrected chi connectivity index (χ3v) is 1.11. The molecule has 7 heteroatoms. The summed E-state index contributed by atoms with van der Waals surface area (Å²) in [6.07, 6.45) is 2.87. The summed E-state index contributed by atoms with van der Waals surface area (Å²) in [5, 5.41) is 7.93. The van der Waals surface area contributed by atoms with Gasteiger partial charge in [0.25, 0.3) is 5.91 Å². The summed E-state index contributed by atoms with van der Waals surface area (Å²) in [4.78, 5) is 21.0. The van der Waals surface area contributed by atoms with Crippen molar-refractivity contribution in [2.45, 2.75) is 0 Å². The summed E-state index contributed by atoms with van der Waals surface area (Å²) in [7, 11) is 0. The van der Waals surface area contributed by atoms with Gasteiger partial charge in [-0.25, -0.2) is 4.79 Å². The molecule has 1 rings (SSSR count). The summed E-state index contributed by atoms with van der Waals surface area (Å²) in [6, 6.07) is -0.902. The molecule has 0 saturated carbocycles. The van der Waals surface area contributed by atoms with Crippen LogP contribution in [-0.2, 0) is 4.79 Å². The van der Waals surface area contributed by atoms with Gasteiger partial charge in [0.05, 0.1) is 12.4 Å². The third-order valence-electron chi connectivity index (χ3n) is 1.11. The lowest BCUT2D eigenvalue weighted by Crippen LogP contribution is -2.37. The molecule has 0 atom stereocenters. The maximum atomic E-state index is 10.8. The summed E-state index contributed by atoms with van der Waals surface area (Å²) in [5.74, 6) is -0.187. The van der Waals surface area contributed by atoms with Gasteiger partial charge < -0.3 is 10.5 Å². The number of nitrogens with one attached hydrogen (secondary N) is 2. The van der Waals surface area contributed by atoms with E-state index in [4.69, 9.17) is 10.5 Å². The number of nitrogens with two attached hydrogens (primary N) is 1. The Morgan fingerprint density at radius 2 is 2.46 bits per heavy atom. The van der Waals surface area contributed by atoms with Gasteiger partial charge in [-0.3, -0.25) is 15.2 Å². The molecule has 0 aliphatic heterocycles. The van der Waals surface area contributed by atoms with Gasteiger partial charge in [-0.05, 0) is 0 Å². The van der Waals surface area contributed by atoms with Gasteiger partial charge in [-0.1, -0.05) is 0 Å². The Morgan fingerprint density at radius 1 is 1.69 bits per heavy atom. The first-order valence-corrected chi connectivity index (χ1v) is 3.39. The molecule has 0 radical (unpaired) electrons. The Balaban J connectivity index is 2.27. The van der Waals surface area contributed by atoms with E-state index < -0.39 is 11.9 Å². The minimum absolute atomic E-state index is 0.275. The van der Waals surface area contributed by atoms with Crippen LogP contribution >= 0.6 is 0 Å². The Kier molecular flexibility index (Phi) is 2.85. The van der Waals surface area contributed by atoms with Crippen LogP contribution in [0.1, 0.15) is 0 Å². The highest BCUT2D eigenvalue weighted by Gasteiger charge is 2.04. The number of urea groups is 1. The molecule has 4 N–H and O–H groups in total. The van der Waals surface area contributed by atoms with Crippen molar-refractivity contribution in [2.24, 2.45) is 5.73 Å². The van der Waals surface area contributed by atoms with E-state index in [2.05, 4.69) is 10.2 Å². The number of imide groups is 1. The summed E-state index contributed by atoms with van der Waals surface area (Å²) in [6.45, 7) is -0.275. The molecule has 0 saturated heterocycles. The van der Waals surface area contributed by atoms with E-state index in [1.54, 1.807) is 0 Å². The van der Waals surface area contributed by atoms with E-state index in [0.29, 0.717) is 5.75 Å². The predicted octanol–water partition coefficient (Wildman–Crippen LogP) is -1.02. The number of rotatable bonds is 3. The fourth-order valence-electron chi connectivity index (χ4n) is 0.640. The number of nitrogens with zero attached hydrogens (tertiary/aromatic N) is 1. The quantitative estimate of drug-likeness (QED) is 0.558. The van der Waals surface area contributed by atoms with Gasteiger partial charge in [-0.15, -0.1) is 0 Å². The van der Waals surface area contributed by atoms with Crippen LogP contribution in [-0.4, -0.2) is 28.7 Å². The number of amides is 3. The van der Waals surface area contributed by atoms with Gasteiger partial charge >= 0.3 is 6.03 Å². The summed E-state index contributed by atoms with van der Waals surface area (Å²) in [5.41, 5.74) is 4.70. The summed E-state index contributed by atoms with van der Waals surface area (Å²) >= 11 is 0. The van der Waals surface area contributed by atoms with Gasteiger partial charge in [-0.2, -0.15) is 5.10 Å². The zero-order chi connectivity index (χ0) is 9.68. The third kappa shape index (κ3) is 3.23. The molecule has 70 valence electrons. The Labute approximate surface area is 73.2 Å². The highest BCUT2D eigenvalue weighted by molar-refractivity contribution is 5.94. The van der Waals surface area contributed by atoms with Crippen LogP contribution in [0.2, 0.25) is 0 Å². The van der Waals surface area contributed by atoms with Gasteiger partial charge in [0.15, 0.2) is 12.4 Å². The highest BCUT2D eigenvalue weighted by Crippen LogP contribution is 2.03. The lowest BCUT2D eigenvalue weighted by Gasteiger charge is -2.01. The smallest absolute Gasteiger partial charge is 0.318 e. The van der Waals surface area contributed by atoms with Crippen molar-refractivity contribution in [1.82, 2.24) is 15.5 Å². The fourth-order valence-corrected chi connectivity index (χ4v) is 0.640. The van der Waals surface area contributed by atoms with Crippen molar-refractivity contribution in [1.29, 1.82) is 0 Å². The molecule has 1 aromatic heterocycles. The average molecular weight is 184 g/mol. The number of carbonyl (C=O) groups is 2. The zero-order valence-electron chi connectivity index (χ0n) is 6.61. The maximum absolute atomic E-state index is 10.8. The topological polar surface area (TPSA) is 110 Å². The number of aromatic amines is 1. The van der Waals surface area contributed by atoms with Crippen molar-refractivity contribution in [3.63, 3.8) is 0 Å². The number of carbonyl (C=O) groups excluding carboxylic acids is 2. The van der Waals surface area contributed by atoms with Crippen LogP contribution < -0.4 is 15.8 Å². The van der Waals surface area contributed by atoms with Gasteiger partial charge in [0, 0.05) is 0 Å². The minimum atomic E-state index is -0.902. The van der Waals surface area contributed by atoms with E-state index in [1.165, 1.54) is 12.4 Å². The van der Waals surface area contributed by atoms with Crippen molar-refractivity contribution in [3.05, 3.63) is 12.4 Å². The van der Waals surface area contributed by atoms with Crippen LogP contribution in [0.5, 0.6) is 5.75 Å². The van der Waals surface area contributed by atoms with E-state index in [0.717, 1.165) is 0 Å². The van der Waals surface area contributed by atoms with Crippen LogP contribution in [0, 0.1) is 0 Å². The second-order valence-corrected chi connectivity index (χ2v) is 2.14. The molecule has 0 aliphatic carbocycles. The molecule has 0 fully saturated rings. The van der Waals surface area contributed by atoms with E-state index >= 15 is 0 Å². The minimum Gasteiger partial charge on any atom is -0.480 e. The predicted molar refractivity (Wildman–Crippen MR) is 41.8 cm³/mol. The number of H-pyrrole nitrogens is 1. The maximum Gasteiger partial charge on any atom is 0.318 e. The molecule has 3 amide bonds. The number of primary amides is 1. The number of hydrogen-bond donors (Lipinski definition) is 3. The van der Waals surface area contributed by atoms with Crippen LogP contribution in [0.3, 0.4) is 0 Å². The first kappa shape index (κ1) is 9.04. The number of hydrogen-bond acceptors (Lipinski definition) is 4. The molecule has 7 nitrogen and oxygen atoms in total. The molecule has 0 spiro atoms. The summed E-state index contributed by atoms with van der Waals surface area (Å²) < 4.78 is 4.90. The Bertz CT molecular complexity index is 295. The SMILES string of the molecule is NC(=O)NC(=O)COc1cn[nH]c1. The molecule has 0 aromatic carbocycles. The van der Waals surface area contributed by atoms with Crippen molar-refractivity contribution in [2.75, 3.05) is 6.61 Å². The van der Waals surface area contributed by atoms with Crippen LogP contribution in [0.25, 0.3) is 0 Å². The standard InChI is InChI=1S/C6H8N4O3/c7-6(12)10-5(11)3-13-4-1-8-9-2-4/h1-2H,3H2,(H,8,9)(H3,7,10,11,12). The van der Waals surface area contributed by atoms with E-state index in [-0.39, 0.29) is 6.61 Å². The van der Waals surface area contributed by atoms with E-state index in [9.17, 15) is 9.59 Å². The second-order valence-electron chi connectivity index (χ2n) is 2.14. The zero-order valence-corrected chi connectivity index (χ0v) is 6.61. The normalized spacial score (nSPS) is 9.23.